The Kier molecular flexibility index (Phi) is 4.71. The van der Waals surface area contributed by atoms with E-state index in [2.05, 4.69) is 0 Å². The number of fused-ring (bicyclic) bond motifs is 2. The number of phenols is 4. The van der Waals surface area contributed by atoms with Gasteiger partial charge in [-0.05, 0) is 6.07 Å². The summed E-state index contributed by atoms with van der Waals surface area (Å²) in [6.45, 7) is -0.724. The minimum absolute atomic E-state index is 0.182. The van der Waals surface area contributed by atoms with E-state index in [-0.39, 0.29) is 16.5 Å². The van der Waals surface area contributed by atoms with Gasteiger partial charge in [-0.15, -0.1) is 0 Å². The largest absolute Gasteiger partial charge is 0.507 e. The summed E-state index contributed by atoms with van der Waals surface area (Å²) in [7, 11) is 0. The zero-order chi connectivity index (χ0) is 21.9. The second-order valence-corrected chi connectivity index (χ2v) is 7.05. The summed E-state index contributed by atoms with van der Waals surface area (Å²) in [5.74, 6) is -2.51. The van der Waals surface area contributed by atoms with Gasteiger partial charge in [-0.2, -0.15) is 0 Å². The van der Waals surface area contributed by atoms with E-state index in [1.165, 1.54) is 0 Å². The van der Waals surface area contributed by atoms with Crippen LogP contribution >= 0.6 is 0 Å². The molecule has 0 bridgehead atoms. The highest BCUT2D eigenvalue weighted by molar-refractivity contribution is 5.96. The van der Waals surface area contributed by atoms with Gasteiger partial charge >= 0.3 is 0 Å². The van der Waals surface area contributed by atoms with Crippen molar-refractivity contribution in [2.75, 3.05) is 6.61 Å². The zero-order valence-corrected chi connectivity index (χ0v) is 15.1. The van der Waals surface area contributed by atoms with Gasteiger partial charge in [0.25, 0.3) is 0 Å². The van der Waals surface area contributed by atoms with Crippen molar-refractivity contribution in [1.82, 2.24) is 0 Å². The lowest BCUT2D eigenvalue weighted by Crippen LogP contribution is -2.55. The summed E-state index contributed by atoms with van der Waals surface area (Å²) in [5, 5.41) is 79.3. The Morgan fingerprint density at radius 1 is 0.833 bits per heavy atom. The fourth-order valence-corrected chi connectivity index (χ4v) is 3.65. The third-order valence-electron chi connectivity index (χ3n) is 5.21. The fourth-order valence-electron chi connectivity index (χ4n) is 3.65. The zero-order valence-electron chi connectivity index (χ0n) is 15.1. The standard InChI is InChI=1S/C19H18O11/c20-4-11-15(26)16(27)17(28)19(30-11)13-9(24)2-8(23)12-14(25)5-1-6(21)7(22)3-10(5)29-18(12)13/h1-3,11,15-17,19-24,26-28H,4H2/t11-,15-,16+,17-,19?/m1/s1. The maximum atomic E-state index is 12.9. The van der Waals surface area contributed by atoms with Crippen LogP contribution in [0.1, 0.15) is 11.7 Å². The molecule has 0 amide bonds. The molecular weight excluding hydrogens is 404 g/mol. The van der Waals surface area contributed by atoms with Gasteiger partial charge in [0.2, 0.25) is 5.43 Å². The van der Waals surface area contributed by atoms with Gasteiger partial charge in [-0.25, -0.2) is 0 Å². The van der Waals surface area contributed by atoms with E-state index < -0.39 is 76.5 Å². The summed E-state index contributed by atoms with van der Waals surface area (Å²) >= 11 is 0. The van der Waals surface area contributed by atoms with Crippen molar-refractivity contribution in [3.63, 3.8) is 0 Å². The molecule has 5 atom stereocenters. The number of aromatic hydroxyl groups is 4. The maximum absolute atomic E-state index is 12.9. The molecule has 0 aliphatic carbocycles. The number of rotatable bonds is 2. The molecular formula is C19H18O11. The third-order valence-corrected chi connectivity index (χ3v) is 5.21. The molecule has 1 aliphatic heterocycles. The lowest BCUT2D eigenvalue weighted by molar-refractivity contribution is -0.231. The molecule has 3 aromatic rings. The van der Waals surface area contributed by atoms with Crippen LogP contribution in [-0.4, -0.2) is 71.9 Å². The number of hydrogen-bond acceptors (Lipinski definition) is 11. The van der Waals surface area contributed by atoms with Crippen molar-refractivity contribution in [2.45, 2.75) is 30.5 Å². The average molecular weight is 422 g/mol. The van der Waals surface area contributed by atoms with Crippen LogP contribution in [0, 0.1) is 0 Å². The molecule has 30 heavy (non-hydrogen) atoms. The van der Waals surface area contributed by atoms with Gasteiger partial charge in [0.15, 0.2) is 17.1 Å². The van der Waals surface area contributed by atoms with Crippen LogP contribution in [0.2, 0.25) is 0 Å². The van der Waals surface area contributed by atoms with E-state index in [4.69, 9.17) is 9.15 Å². The van der Waals surface area contributed by atoms with Crippen molar-refractivity contribution in [1.29, 1.82) is 0 Å². The van der Waals surface area contributed by atoms with Gasteiger partial charge in [0.05, 0.1) is 17.6 Å². The normalized spacial score (nSPS) is 27.0. The minimum Gasteiger partial charge on any atom is -0.507 e. The monoisotopic (exact) mass is 422 g/mol. The SMILES string of the molecule is O=c1c2cc(O)c(O)cc2oc2c(C3O[C@H](CO)[C@@H](O)[C@H](O)[C@H]3O)c(O)cc(O)c12. The van der Waals surface area contributed by atoms with Crippen LogP contribution in [0.5, 0.6) is 23.0 Å². The molecule has 11 nitrogen and oxygen atoms in total. The van der Waals surface area contributed by atoms with Gasteiger partial charge < -0.3 is 50.0 Å². The predicted molar refractivity (Wildman–Crippen MR) is 99.4 cm³/mol. The Bertz CT molecular complexity index is 1200. The van der Waals surface area contributed by atoms with Gasteiger partial charge in [0.1, 0.15) is 53.0 Å². The molecule has 8 N–H and O–H groups in total. The molecule has 1 unspecified atom stereocenters. The molecule has 1 fully saturated rings. The second kappa shape index (κ2) is 7.00. The van der Waals surface area contributed by atoms with E-state index >= 15 is 0 Å². The van der Waals surface area contributed by atoms with Crippen LogP contribution in [-0.2, 0) is 4.74 Å². The molecule has 1 saturated heterocycles. The van der Waals surface area contributed by atoms with Crippen LogP contribution in [0.3, 0.4) is 0 Å². The first kappa shape index (κ1) is 20.2. The van der Waals surface area contributed by atoms with Crippen LogP contribution in [0.15, 0.2) is 27.4 Å². The van der Waals surface area contributed by atoms with E-state index in [1.807, 2.05) is 0 Å². The number of benzene rings is 2. The number of hydrogen-bond donors (Lipinski definition) is 8. The first-order valence-corrected chi connectivity index (χ1v) is 8.83. The fraction of sp³-hybridized carbons (Fsp3) is 0.316. The maximum Gasteiger partial charge on any atom is 0.204 e. The van der Waals surface area contributed by atoms with Crippen molar-refractivity contribution in [3.8, 4) is 23.0 Å². The Balaban J connectivity index is 2.05. The van der Waals surface area contributed by atoms with Crippen molar-refractivity contribution >= 4 is 21.9 Å². The lowest BCUT2D eigenvalue weighted by Gasteiger charge is -2.40. The highest BCUT2D eigenvalue weighted by Crippen LogP contribution is 2.44. The molecule has 1 aromatic heterocycles. The topological polar surface area (TPSA) is 201 Å². The lowest BCUT2D eigenvalue weighted by atomic mass is 9.89. The Morgan fingerprint density at radius 3 is 2.17 bits per heavy atom. The summed E-state index contributed by atoms with van der Waals surface area (Å²) < 4.78 is 11.0. The smallest absolute Gasteiger partial charge is 0.204 e. The van der Waals surface area contributed by atoms with Gasteiger partial charge in [-0.1, -0.05) is 0 Å². The van der Waals surface area contributed by atoms with Gasteiger partial charge in [-0.3, -0.25) is 4.79 Å². The summed E-state index contributed by atoms with van der Waals surface area (Å²) in [5.41, 5.74) is -1.77. The molecule has 0 spiro atoms. The number of phenolic OH excluding ortho intramolecular Hbond substituents is 4. The molecule has 160 valence electrons. The first-order chi connectivity index (χ1) is 14.1. The van der Waals surface area contributed by atoms with Crippen molar-refractivity contribution < 1.29 is 50.0 Å². The molecule has 4 rings (SSSR count). The van der Waals surface area contributed by atoms with E-state index in [9.17, 15) is 45.6 Å². The molecule has 2 heterocycles. The van der Waals surface area contributed by atoms with Crippen LogP contribution in [0.4, 0.5) is 0 Å². The number of ether oxygens (including phenoxy) is 1. The molecule has 0 radical (unpaired) electrons. The van der Waals surface area contributed by atoms with Crippen molar-refractivity contribution in [3.05, 3.63) is 34.0 Å². The average Bonchev–Trinajstić information content (AvgIpc) is 2.69. The number of aliphatic hydroxyl groups is 4. The van der Waals surface area contributed by atoms with E-state index in [1.54, 1.807) is 0 Å². The molecule has 2 aromatic carbocycles. The second-order valence-electron chi connectivity index (χ2n) is 7.05. The number of aliphatic hydroxyl groups excluding tert-OH is 4. The Labute approximate surface area is 166 Å². The predicted octanol–water partition coefficient (Wildman–Crippen LogP) is -0.717. The van der Waals surface area contributed by atoms with E-state index in [0.29, 0.717) is 0 Å². The van der Waals surface area contributed by atoms with Crippen molar-refractivity contribution in [2.24, 2.45) is 0 Å². The molecule has 0 saturated carbocycles. The quantitative estimate of drug-likeness (QED) is 0.191. The first-order valence-electron chi connectivity index (χ1n) is 8.83. The molecule has 11 heteroatoms. The highest BCUT2D eigenvalue weighted by atomic mass is 16.5. The highest BCUT2D eigenvalue weighted by Gasteiger charge is 2.46. The third kappa shape index (κ3) is 2.83. The van der Waals surface area contributed by atoms with E-state index in [0.717, 1.165) is 18.2 Å². The molecule has 1 aliphatic rings. The van der Waals surface area contributed by atoms with Crippen LogP contribution in [0.25, 0.3) is 21.9 Å². The Hall–Kier alpha value is -3.09. The summed E-state index contributed by atoms with van der Waals surface area (Å²) in [4.78, 5) is 12.9. The van der Waals surface area contributed by atoms with Crippen LogP contribution < -0.4 is 5.43 Å². The summed E-state index contributed by atoms with van der Waals surface area (Å²) in [6.07, 6.45) is -8.08. The Morgan fingerprint density at radius 2 is 1.50 bits per heavy atom. The minimum atomic E-state index is -1.80. The summed E-state index contributed by atoms with van der Waals surface area (Å²) in [6, 6.07) is 2.70. The van der Waals surface area contributed by atoms with Gasteiger partial charge in [0, 0.05) is 12.1 Å².